The molecule has 0 fully saturated rings. The van der Waals surface area contributed by atoms with Gasteiger partial charge >= 0.3 is 16.4 Å². The first-order chi connectivity index (χ1) is 3.13. The summed E-state index contributed by atoms with van der Waals surface area (Å²) in [7, 11) is -5.35. The molecule has 0 heterocycles. The highest BCUT2D eigenvalue weighted by atomic mass is 31.2. The molecule has 0 aromatic rings. The van der Waals surface area contributed by atoms with Gasteiger partial charge in [-0.3, -0.25) is 0 Å². The van der Waals surface area contributed by atoms with Gasteiger partial charge in [0.2, 0.25) is 0 Å². The van der Waals surface area contributed by atoms with Crippen molar-refractivity contribution in [2.75, 3.05) is 0 Å². The van der Waals surface area contributed by atoms with Crippen molar-refractivity contribution >= 4 is 16.4 Å². The molecule has 0 aliphatic heterocycles. The van der Waals surface area contributed by atoms with Gasteiger partial charge in [-0.1, -0.05) is 0 Å². The van der Waals surface area contributed by atoms with E-state index in [2.05, 4.69) is 0 Å². The maximum absolute atomic E-state index is 9.50. The highest BCUT2D eigenvalue weighted by molar-refractivity contribution is 7.52. The van der Waals surface area contributed by atoms with E-state index in [4.69, 9.17) is 9.79 Å². The highest BCUT2D eigenvalue weighted by Crippen LogP contribution is 2.18. The standard InChI is InChI=1S/HNO4P2/c2-6(3)1-7(4)5/h(H-2,1,2,3,4,5)/p+2. The van der Waals surface area contributed by atoms with Crippen LogP contribution >= 0.6 is 16.4 Å². The summed E-state index contributed by atoms with van der Waals surface area (Å²) in [6.45, 7) is 0. The number of rotatable bonds is 2. The van der Waals surface area contributed by atoms with Gasteiger partial charge < -0.3 is 0 Å². The third-order valence-corrected chi connectivity index (χ3v) is 1.54. The molecule has 0 radical (unpaired) electrons. The Morgan fingerprint density at radius 2 is 1.43 bits per heavy atom. The lowest BCUT2D eigenvalue weighted by Crippen LogP contribution is -1.84. The van der Waals surface area contributed by atoms with E-state index in [9.17, 15) is 9.13 Å². The maximum Gasteiger partial charge on any atom is 0.657 e. The molecule has 5 nitrogen and oxygen atoms in total. The molecule has 0 aliphatic rings. The Morgan fingerprint density at radius 1 is 1.14 bits per heavy atom. The van der Waals surface area contributed by atoms with E-state index in [0.717, 1.165) is 0 Å². The largest absolute Gasteiger partial charge is 0.657 e. The van der Waals surface area contributed by atoms with Gasteiger partial charge in [0.25, 0.3) is 0 Å². The lowest BCUT2D eigenvalue weighted by atomic mass is 13.9. The summed E-state index contributed by atoms with van der Waals surface area (Å²) < 4.78 is 19.0. The summed E-state index contributed by atoms with van der Waals surface area (Å²) in [5, 5.41) is 0. The minimum atomic E-state index is -2.67. The van der Waals surface area contributed by atoms with Crippen LogP contribution in [-0.2, 0) is 9.13 Å². The van der Waals surface area contributed by atoms with Crippen LogP contribution in [0.5, 0.6) is 0 Å². The average molecular weight is 143 g/mol. The van der Waals surface area contributed by atoms with Crippen molar-refractivity contribution in [3.8, 4) is 0 Å². The molecule has 2 unspecified atom stereocenters. The Bertz CT molecular complexity index is 85.9. The van der Waals surface area contributed by atoms with Crippen LogP contribution in [-0.4, -0.2) is 9.79 Å². The summed E-state index contributed by atoms with van der Waals surface area (Å²) in [4.78, 5) is 17.0. The van der Waals surface area contributed by atoms with Crippen molar-refractivity contribution in [1.82, 2.24) is 4.86 Å². The molecule has 0 aromatic heterocycles. The minimum absolute atomic E-state index is 1.44. The fourth-order valence-corrected chi connectivity index (χ4v) is 0.659. The zero-order chi connectivity index (χ0) is 5.86. The van der Waals surface area contributed by atoms with Crippen LogP contribution in [0, 0.1) is 0 Å². The fourth-order valence-electron chi connectivity index (χ4n) is 0.0732. The molecule has 3 N–H and O–H groups in total. The molecule has 7 heteroatoms. The van der Waals surface area contributed by atoms with E-state index in [-0.39, 0.29) is 0 Å². The van der Waals surface area contributed by atoms with Gasteiger partial charge in [-0.15, -0.1) is 9.79 Å². The Balaban J connectivity index is 3.32. The molecule has 0 aromatic carbocycles. The van der Waals surface area contributed by atoms with Gasteiger partial charge in [-0.05, 0) is 9.13 Å². The number of hydrogen-bond acceptors (Lipinski definition) is 2. The first-order valence-corrected chi connectivity index (χ1v) is 3.64. The second-order valence-electron chi connectivity index (χ2n) is 0.646. The van der Waals surface area contributed by atoms with Crippen molar-refractivity contribution in [3.05, 3.63) is 0 Å². The van der Waals surface area contributed by atoms with E-state index in [1.165, 1.54) is 4.86 Å². The smallest absolute Gasteiger partial charge is 0.142 e. The minimum Gasteiger partial charge on any atom is -0.142 e. The summed E-state index contributed by atoms with van der Waals surface area (Å²) >= 11 is 0. The van der Waals surface area contributed by atoms with E-state index in [1.54, 1.807) is 0 Å². The molecule has 0 saturated carbocycles. The second-order valence-corrected chi connectivity index (χ2v) is 2.54. The van der Waals surface area contributed by atoms with Gasteiger partial charge in [-0.2, -0.15) is 0 Å². The normalized spacial score (nSPS) is 13.4. The van der Waals surface area contributed by atoms with Crippen molar-refractivity contribution < 1.29 is 18.9 Å². The lowest BCUT2D eigenvalue weighted by Gasteiger charge is -1.55. The molecule has 0 aliphatic carbocycles. The summed E-state index contributed by atoms with van der Waals surface area (Å²) in [6.07, 6.45) is 0. The molecule has 0 saturated heterocycles. The molecular weight excluding hydrogens is 140 g/mol. The summed E-state index contributed by atoms with van der Waals surface area (Å²) in [6, 6.07) is 0. The number of hydrogen-bond donors (Lipinski definition) is 3. The Morgan fingerprint density at radius 3 is 1.43 bits per heavy atom. The Labute approximate surface area is 41.2 Å². The fraction of sp³-hybridized carbons (Fsp3) is 0. The van der Waals surface area contributed by atoms with Crippen LogP contribution in [0.25, 0.3) is 0 Å². The zero-order valence-electron chi connectivity index (χ0n) is 3.11. The summed E-state index contributed by atoms with van der Waals surface area (Å²) in [5.74, 6) is 0. The van der Waals surface area contributed by atoms with Crippen LogP contribution < -0.4 is 4.86 Å². The Kier molecular flexibility index (Phi) is 3.17. The first kappa shape index (κ1) is 7.08. The average Bonchev–Trinajstić information content (AvgIpc) is 1.27. The van der Waals surface area contributed by atoms with Crippen LogP contribution in [0.4, 0.5) is 0 Å². The molecule has 0 bridgehead atoms. The molecule has 7 heavy (non-hydrogen) atoms. The topological polar surface area (TPSA) is 86.6 Å². The van der Waals surface area contributed by atoms with Crippen molar-refractivity contribution in [3.63, 3.8) is 0 Å². The molecule has 0 amide bonds. The lowest BCUT2D eigenvalue weighted by molar-refractivity contribution is 0.480. The quantitative estimate of drug-likeness (QED) is 0.469. The zero-order valence-corrected chi connectivity index (χ0v) is 4.89. The second kappa shape index (κ2) is 3.13. The van der Waals surface area contributed by atoms with Crippen LogP contribution in [0.2, 0.25) is 0 Å². The Hall–Kier alpha value is 0.0800. The van der Waals surface area contributed by atoms with Crippen LogP contribution in [0.3, 0.4) is 0 Å². The summed E-state index contributed by atoms with van der Waals surface area (Å²) in [5.41, 5.74) is 0. The van der Waals surface area contributed by atoms with Crippen molar-refractivity contribution in [2.24, 2.45) is 0 Å². The SMILES string of the molecule is O=[P+](O)N[P+](=O)O. The predicted octanol–water partition coefficient (Wildman–Crippen LogP) is -0.125. The van der Waals surface area contributed by atoms with Gasteiger partial charge in [-0.25, -0.2) is 0 Å². The predicted molar refractivity (Wildman–Crippen MR) is 22.8 cm³/mol. The highest BCUT2D eigenvalue weighted by Gasteiger charge is 2.26. The monoisotopic (exact) mass is 143 g/mol. The molecule has 0 rings (SSSR count). The van der Waals surface area contributed by atoms with E-state index >= 15 is 0 Å². The maximum atomic E-state index is 9.50. The van der Waals surface area contributed by atoms with E-state index in [1.807, 2.05) is 0 Å². The number of nitrogens with one attached hydrogen (secondary N) is 1. The van der Waals surface area contributed by atoms with Crippen LogP contribution in [0.1, 0.15) is 0 Å². The molecule has 0 spiro atoms. The first-order valence-electron chi connectivity index (χ1n) is 1.21. The van der Waals surface area contributed by atoms with Crippen molar-refractivity contribution in [2.45, 2.75) is 0 Å². The van der Waals surface area contributed by atoms with Crippen LogP contribution in [0.15, 0.2) is 0 Å². The molecular formula is H3NO4P2+2. The van der Waals surface area contributed by atoms with E-state index < -0.39 is 16.4 Å². The van der Waals surface area contributed by atoms with Gasteiger partial charge in [0.05, 0.1) is 0 Å². The molecule has 2 atom stereocenters. The van der Waals surface area contributed by atoms with Gasteiger partial charge in [0.15, 0.2) is 4.86 Å². The van der Waals surface area contributed by atoms with Gasteiger partial charge in [0.1, 0.15) is 0 Å². The van der Waals surface area contributed by atoms with Gasteiger partial charge in [0, 0.05) is 0 Å². The van der Waals surface area contributed by atoms with E-state index in [0.29, 0.717) is 0 Å². The third kappa shape index (κ3) is 6.08. The molecule has 40 valence electrons. The van der Waals surface area contributed by atoms with Crippen molar-refractivity contribution in [1.29, 1.82) is 0 Å². The third-order valence-electron chi connectivity index (χ3n) is 0.171.